The molecule has 0 aromatic carbocycles. The Hall–Kier alpha value is -1.74. The third-order valence-corrected chi connectivity index (χ3v) is 5.20. The molecule has 1 aliphatic heterocycles. The predicted octanol–water partition coefficient (Wildman–Crippen LogP) is 0.148. The maximum atomic E-state index is 6.41. The van der Waals surface area contributed by atoms with Crippen LogP contribution in [0, 0.1) is 0 Å². The van der Waals surface area contributed by atoms with E-state index in [0.29, 0.717) is 13.1 Å². The van der Waals surface area contributed by atoms with Crippen molar-refractivity contribution in [1.29, 1.82) is 0 Å². The van der Waals surface area contributed by atoms with Gasteiger partial charge in [-0.3, -0.25) is 0 Å². The Labute approximate surface area is 154 Å². The van der Waals surface area contributed by atoms with Gasteiger partial charge < -0.3 is 18.9 Å². The highest BCUT2D eigenvalue weighted by Gasteiger charge is 2.57. The summed E-state index contributed by atoms with van der Waals surface area (Å²) >= 11 is 0. The van der Waals surface area contributed by atoms with Gasteiger partial charge in [0.1, 0.15) is 50.1 Å². The number of methoxy groups -OCH3 is 2. The first-order valence-corrected chi connectivity index (χ1v) is 8.76. The van der Waals surface area contributed by atoms with E-state index in [1.54, 1.807) is 14.2 Å². The second kappa shape index (κ2) is 7.11. The number of rotatable bonds is 6. The molecule has 3 heterocycles. The summed E-state index contributed by atoms with van der Waals surface area (Å²) in [4.78, 5) is 0. The summed E-state index contributed by atoms with van der Waals surface area (Å²) in [6, 6.07) is 0. The largest absolute Gasteiger partial charge is 0.349 e. The van der Waals surface area contributed by atoms with Gasteiger partial charge in [-0.1, -0.05) is 0 Å². The number of ether oxygens (including phenoxy) is 4. The third kappa shape index (κ3) is 3.55. The average molecular weight is 366 g/mol. The van der Waals surface area contributed by atoms with Crippen molar-refractivity contribution in [2.45, 2.75) is 50.7 Å². The lowest BCUT2D eigenvalue weighted by molar-refractivity contribution is -0.671. The summed E-state index contributed by atoms with van der Waals surface area (Å²) < 4.78 is 32.3. The molecule has 1 aliphatic rings. The van der Waals surface area contributed by atoms with Crippen LogP contribution >= 0.6 is 0 Å². The standard InChI is InChI=1S/C18H30N4O4/c1-17(23-5)18(2,24-6)26-16(12-22-10-8-20(4)14-22)15(25-17)11-21-9-7-19(3)13-21/h7-10,13-16H,11-12H2,1-6H3/q+2/t15-,16-,17+,18+/m1/s1. The fraction of sp³-hybridized carbons (Fsp3) is 0.667. The highest BCUT2D eigenvalue weighted by atomic mass is 16.8. The van der Waals surface area contributed by atoms with Gasteiger partial charge >= 0.3 is 0 Å². The van der Waals surface area contributed by atoms with E-state index >= 15 is 0 Å². The summed E-state index contributed by atoms with van der Waals surface area (Å²) in [6.45, 7) is 5.01. The van der Waals surface area contributed by atoms with E-state index in [4.69, 9.17) is 18.9 Å². The zero-order valence-electron chi connectivity index (χ0n) is 16.5. The maximum Gasteiger partial charge on any atom is 0.243 e. The minimum Gasteiger partial charge on any atom is -0.349 e. The molecule has 0 radical (unpaired) electrons. The van der Waals surface area contributed by atoms with Gasteiger partial charge in [0.15, 0.2) is 0 Å². The molecule has 0 spiro atoms. The minimum atomic E-state index is -1.01. The van der Waals surface area contributed by atoms with Crippen LogP contribution in [0.25, 0.3) is 0 Å². The quantitative estimate of drug-likeness (QED) is 0.683. The molecule has 1 saturated heterocycles. The highest BCUT2D eigenvalue weighted by Crippen LogP contribution is 2.39. The first-order valence-electron chi connectivity index (χ1n) is 8.76. The number of aromatic nitrogens is 4. The molecule has 0 bridgehead atoms. The van der Waals surface area contributed by atoms with E-state index in [1.165, 1.54) is 0 Å². The van der Waals surface area contributed by atoms with Crippen LogP contribution in [0.15, 0.2) is 37.4 Å². The predicted molar refractivity (Wildman–Crippen MR) is 91.8 cm³/mol. The fourth-order valence-electron chi connectivity index (χ4n) is 3.36. The van der Waals surface area contributed by atoms with Crippen molar-refractivity contribution in [1.82, 2.24) is 9.13 Å². The minimum absolute atomic E-state index is 0.205. The fourth-order valence-corrected chi connectivity index (χ4v) is 3.36. The van der Waals surface area contributed by atoms with Gasteiger partial charge in [0.05, 0.1) is 14.1 Å². The van der Waals surface area contributed by atoms with E-state index in [0.717, 1.165) is 0 Å². The van der Waals surface area contributed by atoms with E-state index in [2.05, 4.69) is 9.13 Å². The van der Waals surface area contributed by atoms with Crippen molar-refractivity contribution >= 4 is 0 Å². The van der Waals surface area contributed by atoms with Crippen LogP contribution < -0.4 is 9.13 Å². The molecule has 4 atom stereocenters. The normalized spacial score (nSPS) is 32.1. The van der Waals surface area contributed by atoms with Gasteiger partial charge in [0.25, 0.3) is 0 Å². The van der Waals surface area contributed by atoms with Crippen molar-refractivity contribution in [3.8, 4) is 0 Å². The van der Waals surface area contributed by atoms with Crippen molar-refractivity contribution in [2.24, 2.45) is 14.1 Å². The smallest absolute Gasteiger partial charge is 0.243 e. The van der Waals surface area contributed by atoms with Gasteiger partial charge in [-0.15, -0.1) is 0 Å². The average Bonchev–Trinajstić information content (AvgIpc) is 3.20. The lowest BCUT2D eigenvalue weighted by atomic mass is 10.0. The van der Waals surface area contributed by atoms with Gasteiger partial charge in [0.2, 0.25) is 24.2 Å². The van der Waals surface area contributed by atoms with Crippen molar-refractivity contribution < 1.29 is 28.1 Å². The van der Waals surface area contributed by atoms with Crippen LogP contribution in [0.2, 0.25) is 0 Å². The van der Waals surface area contributed by atoms with Crippen LogP contribution in [0.4, 0.5) is 0 Å². The second-order valence-corrected chi connectivity index (χ2v) is 7.16. The van der Waals surface area contributed by atoms with Crippen LogP contribution in [-0.2, 0) is 46.1 Å². The summed E-state index contributed by atoms with van der Waals surface area (Å²) in [7, 11) is 7.21. The topological polar surface area (TPSA) is 54.5 Å². The summed E-state index contributed by atoms with van der Waals surface area (Å²) in [6.07, 6.45) is 11.7. The molecule has 26 heavy (non-hydrogen) atoms. The summed E-state index contributed by atoms with van der Waals surface area (Å²) in [5.74, 6) is -2.03. The molecule has 0 unspecified atom stereocenters. The number of hydrogen-bond donors (Lipinski definition) is 0. The Morgan fingerprint density at radius 3 is 1.50 bits per heavy atom. The molecule has 0 amide bonds. The summed E-state index contributed by atoms with van der Waals surface area (Å²) in [5, 5.41) is 0. The second-order valence-electron chi connectivity index (χ2n) is 7.16. The molecule has 1 fully saturated rings. The maximum absolute atomic E-state index is 6.41. The molecular weight excluding hydrogens is 336 g/mol. The molecule has 2 aromatic rings. The van der Waals surface area contributed by atoms with Crippen LogP contribution in [-0.4, -0.2) is 47.1 Å². The van der Waals surface area contributed by atoms with E-state index in [1.807, 2.05) is 74.5 Å². The lowest BCUT2D eigenvalue weighted by Crippen LogP contribution is -2.66. The van der Waals surface area contributed by atoms with Crippen molar-refractivity contribution in [3.05, 3.63) is 37.4 Å². The molecule has 0 N–H and O–H groups in total. The molecule has 0 aliphatic carbocycles. The van der Waals surface area contributed by atoms with Crippen LogP contribution in [0.1, 0.15) is 13.8 Å². The molecular formula is C18H30N4O4+2. The molecule has 2 aromatic heterocycles. The van der Waals surface area contributed by atoms with E-state index < -0.39 is 11.6 Å². The van der Waals surface area contributed by atoms with Crippen LogP contribution in [0.3, 0.4) is 0 Å². The van der Waals surface area contributed by atoms with Crippen molar-refractivity contribution in [3.63, 3.8) is 0 Å². The molecule has 0 saturated carbocycles. The van der Waals surface area contributed by atoms with E-state index in [9.17, 15) is 0 Å². The number of nitrogens with zero attached hydrogens (tertiary/aromatic N) is 4. The van der Waals surface area contributed by atoms with Gasteiger partial charge in [-0.25, -0.2) is 18.3 Å². The lowest BCUT2D eigenvalue weighted by Gasteiger charge is -2.51. The third-order valence-electron chi connectivity index (χ3n) is 5.20. The number of hydrogen-bond acceptors (Lipinski definition) is 4. The van der Waals surface area contributed by atoms with Gasteiger partial charge in [-0.2, -0.15) is 0 Å². The monoisotopic (exact) mass is 366 g/mol. The molecule has 8 nitrogen and oxygen atoms in total. The first kappa shape index (κ1) is 19.0. The van der Waals surface area contributed by atoms with Crippen molar-refractivity contribution in [2.75, 3.05) is 14.2 Å². The van der Waals surface area contributed by atoms with Gasteiger partial charge in [-0.05, 0) is 13.8 Å². The number of imidazole rings is 2. The number of aryl methyl sites for hydroxylation is 2. The Morgan fingerprint density at radius 1 is 0.846 bits per heavy atom. The Balaban J connectivity index is 1.87. The molecule has 3 rings (SSSR count). The Kier molecular flexibility index (Phi) is 5.21. The SMILES string of the molecule is CO[C@@]1(C)O[C@H](Cn2cc[n+](C)c2)[C@@H](Cn2cc[n+](C)c2)O[C@]1(C)OC. The van der Waals surface area contributed by atoms with Gasteiger partial charge in [0, 0.05) is 14.2 Å². The van der Waals surface area contributed by atoms with E-state index in [-0.39, 0.29) is 12.2 Å². The zero-order chi connectivity index (χ0) is 18.9. The Morgan fingerprint density at radius 2 is 1.23 bits per heavy atom. The van der Waals surface area contributed by atoms with Crippen LogP contribution in [0.5, 0.6) is 0 Å². The Bertz CT molecular complexity index is 683. The highest BCUT2D eigenvalue weighted by molar-refractivity contribution is 4.92. The summed E-state index contributed by atoms with van der Waals surface area (Å²) in [5.41, 5.74) is 0. The first-order chi connectivity index (χ1) is 12.3. The zero-order valence-corrected chi connectivity index (χ0v) is 16.5. The molecule has 144 valence electrons. The molecule has 8 heteroatoms.